The first-order valence-electron chi connectivity index (χ1n) is 6.57. The zero-order valence-corrected chi connectivity index (χ0v) is 11.9. The minimum absolute atomic E-state index is 0.0701. The summed E-state index contributed by atoms with van der Waals surface area (Å²) in [5.41, 5.74) is 1.41. The molecule has 0 amide bonds. The average molecular weight is 276 g/mol. The van der Waals surface area contributed by atoms with E-state index in [2.05, 4.69) is 9.97 Å². The van der Waals surface area contributed by atoms with Crippen molar-refractivity contribution in [3.05, 3.63) is 17.5 Å². The molecule has 0 aliphatic heterocycles. The Morgan fingerprint density at radius 2 is 1.79 bits per heavy atom. The van der Waals surface area contributed by atoms with E-state index in [1.165, 1.54) is 11.8 Å². The van der Waals surface area contributed by atoms with Gasteiger partial charge in [-0.1, -0.05) is 11.8 Å². The molecular formula is C14H16N2O2S. The number of thioether (sulfide) groups is 1. The molecule has 5 heteroatoms. The highest BCUT2D eigenvalue weighted by Gasteiger charge is 2.48. The summed E-state index contributed by atoms with van der Waals surface area (Å²) < 4.78 is 0. The molecule has 0 N–H and O–H groups in total. The lowest BCUT2D eigenvalue weighted by Crippen LogP contribution is -2.35. The second-order valence-corrected chi connectivity index (χ2v) is 6.14. The van der Waals surface area contributed by atoms with Gasteiger partial charge >= 0.3 is 0 Å². The van der Waals surface area contributed by atoms with E-state index in [-0.39, 0.29) is 23.4 Å². The number of ketones is 2. The molecule has 0 spiro atoms. The standard InChI is InChI=1S/C14H16N2O2S/c1-7-5-10(16-14(15-7)19-2)11-12(17)8-3-4-9(6-8)13(11)18/h5,8-9,11H,3-4,6H2,1-2H3. The average Bonchev–Trinajstić information content (AvgIpc) is 2.83. The quantitative estimate of drug-likeness (QED) is 0.470. The molecule has 19 heavy (non-hydrogen) atoms. The normalized spacial score (nSPS) is 29.9. The molecule has 0 saturated heterocycles. The number of aromatic nitrogens is 2. The maximum atomic E-state index is 12.4. The maximum absolute atomic E-state index is 12.4. The van der Waals surface area contributed by atoms with E-state index in [0.717, 1.165) is 25.0 Å². The maximum Gasteiger partial charge on any atom is 0.187 e. The SMILES string of the molecule is CSc1nc(C)cc(C2C(=O)C3CCC(C3)C2=O)n1. The van der Waals surface area contributed by atoms with Crippen LogP contribution in [0.3, 0.4) is 0 Å². The largest absolute Gasteiger partial charge is 0.298 e. The minimum atomic E-state index is -0.640. The molecular weight excluding hydrogens is 260 g/mol. The van der Waals surface area contributed by atoms with Crippen molar-refractivity contribution in [3.8, 4) is 0 Å². The fourth-order valence-electron chi connectivity index (χ4n) is 3.21. The number of Topliss-reactive ketones (excluding diaryl/α,β-unsaturated/α-hetero) is 2. The van der Waals surface area contributed by atoms with E-state index >= 15 is 0 Å². The highest BCUT2D eigenvalue weighted by Crippen LogP contribution is 2.43. The van der Waals surface area contributed by atoms with Gasteiger partial charge < -0.3 is 0 Å². The number of carbonyl (C=O) groups is 2. The van der Waals surface area contributed by atoms with Crippen LogP contribution in [0.4, 0.5) is 0 Å². The number of aryl methyl sites for hydroxylation is 1. The Hall–Kier alpha value is -1.23. The molecule has 2 bridgehead atoms. The topological polar surface area (TPSA) is 59.9 Å². The van der Waals surface area contributed by atoms with Crippen LogP contribution < -0.4 is 0 Å². The summed E-state index contributed by atoms with van der Waals surface area (Å²) in [7, 11) is 0. The first kappa shape index (κ1) is 12.8. The molecule has 2 fully saturated rings. The second-order valence-electron chi connectivity index (χ2n) is 5.37. The predicted molar refractivity (Wildman–Crippen MR) is 72.1 cm³/mol. The Bertz CT molecular complexity index is 536. The van der Waals surface area contributed by atoms with Crippen LogP contribution in [0.5, 0.6) is 0 Å². The molecule has 1 aromatic heterocycles. The van der Waals surface area contributed by atoms with E-state index in [0.29, 0.717) is 10.9 Å². The number of nitrogens with zero attached hydrogens (tertiary/aromatic N) is 2. The van der Waals surface area contributed by atoms with Crippen LogP contribution in [0.1, 0.15) is 36.6 Å². The molecule has 2 unspecified atom stereocenters. The summed E-state index contributed by atoms with van der Waals surface area (Å²) in [6, 6.07) is 1.78. The smallest absolute Gasteiger partial charge is 0.187 e. The molecule has 1 aromatic rings. The van der Waals surface area contributed by atoms with Crippen molar-refractivity contribution in [3.63, 3.8) is 0 Å². The van der Waals surface area contributed by atoms with E-state index in [1.807, 2.05) is 13.2 Å². The zero-order valence-electron chi connectivity index (χ0n) is 11.0. The third kappa shape index (κ3) is 2.10. The fraction of sp³-hybridized carbons (Fsp3) is 0.571. The summed E-state index contributed by atoms with van der Waals surface area (Å²) in [5, 5.41) is 0.633. The molecule has 2 aliphatic carbocycles. The van der Waals surface area contributed by atoms with Crippen molar-refractivity contribution in [2.24, 2.45) is 11.8 Å². The molecule has 2 saturated carbocycles. The lowest BCUT2D eigenvalue weighted by molar-refractivity contribution is -0.136. The van der Waals surface area contributed by atoms with Gasteiger partial charge in [-0.25, -0.2) is 9.97 Å². The van der Waals surface area contributed by atoms with E-state index < -0.39 is 5.92 Å². The summed E-state index contributed by atoms with van der Waals surface area (Å²) in [4.78, 5) is 33.5. The second kappa shape index (κ2) is 4.71. The van der Waals surface area contributed by atoms with Gasteiger partial charge in [0, 0.05) is 17.5 Å². The Balaban J connectivity index is 2.03. The lowest BCUT2D eigenvalue weighted by atomic mass is 9.77. The first-order valence-corrected chi connectivity index (χ1v) is 7.79. The fourth-order valence-corrected chi connectivity index (χ4v) is 3.64. The van der Waals surface area contributed by atoms with Crippen molar-refractivity contribution in [2.75, 3.05) is 6.26 Å². The van der Waals surface area contributed by atoms with Gasteiger partial charge in [-0.05, 0) is 38.5 Å². The summed E-state index contributed by atoms with van der Waals surface area (Å²) in [5.74, 6) is -0.354. The third-order valence-corrected chi connectivity index (χ3v) is 4.69. The predicted octanol–water partition coefficient (Wildman–Crippen LogP) is 2.16. The number of hydrogen-bond acceptors (Lipinski definition) is 5. The van der Waals surface area contributed by atoms with Crippen LogP contribution in [-0.4, -0.2) is 27.8 Å². The Labute approximate surface area is 116 Å². The monoisotopic (exact) mass is 276 g/mol. The van der Waals surface area contributed by atoms with Crippen LogP contribution >= 0.6 is 11.8 Å². The highest BCUT2D eigenvalue weighted by molar-refractivity contribution is 7.98. The van der Waals surface area contributed by atoms with Gasteiger partial charge in [0.25, 0.3) is 0 Å². The van der Waals surface area contributed by atoms with Gasteiger partial charge in [-0.2, -0.15) is 0 Å². The van der Waals surface area contributed by atoms with Gasteiger partial charge in [0.15, 0.2) is 16.7 Å². The number of hydrogen-bond donors (Lipinski definition) is 0. The first-order chi connectivity index (χ1) is 9.10. The number of fused-ring (bicyclic) bond motifs is 2. The Morgan fingerprint density at radius 3 is 2.37 bits per heavy atom. The van der Waals surface area contributed by atoms with Crippen LogP contribution in [0, 0.1) is 18.8 Å². The van der Waals surface area contributed by atoms with Crippen LogP contribution in [-0.2, 0) is 9.59 Å². The van der Waals surface area contributed by atoms with Crippen LogP contribution in [0.2, 0.25) is 0 Å². The van der Waals surface area contributed by atoms with Gasteiger partial charge in [0.2, 0.25) is 0 Å². The molecule has 100 valence electrons. The van der Waals surface area contributed by atoms with E-state index in [4.69, 9.17) is 0 Å². The van der Waals surface area contributed by atoms with Crippen molar-refractivity contribution in [2.45, 2.75) is 37.3 Å². The molecule has 3 rings (SSSR count). The Morgan fingerprint density at radius 1 is 1.16 bits per heavy atom. The van der Waals surface area contributed by atoms with Crippen molar-refractivity contribution in [1.29, 1.82) is 0 Å². The highest BCUT2D eigenvalue weighted by atomic mass is 32.2. The molecule has 2 aliphatic rings. The molecule has 0 aromatic carbocycles. The molecule has 1 heterocycles. The number of carbonyl (C=O) groups excluding carboxylic acids is 2. The van der Waals surface area contributed by atoms with Crippen molar-refractivity contribution in [1.82, 2.24) is 9.97 Å². The van der Waals surface area contributed by atoms with Gasteiger partial charge in [0.1, 0.15) is 5.92 Å². The van der Waals surface area contributed by atoms with Gasteiger partial charge in [-0.3, -0.25) is 9.59 Å². The number of rotatable bonds is 2. The molecule has 0 radical (unpaired) electrons. The third-order valence-electron chi connectivity index (χ3n) is 4.14. The lowest BCUT2D eigenvalue weighted by Gasteiger charge is -2.25. The summed E-state index contributed by atoms with van der Waals surface area (Å²) in [6.07, 6.45) is 4.39. The molecule has 2 atom stereocenters. The van der Waals surface area contributed by atoms with Gasteiger partial charge in [0.05, 0.1) is 5.69 Å². The summed E-state index contributed by atoms with van der Waals surface area (Å²) in [6.45, 7) is 1.87. The van der Waals surface area contributed by atoms with Crippen molar-refractivity contribution >= 4 is 23.3 Å². The van der Waals surface area contributed by atoms with Crippen LogP contribution in [0.25, 0.3) is 0 Å². The van der Waals surface area contributed by atoms with E-state index in [9.17, 15) is 9.59 Å². The minimum Gasteiger partial charge on any atom is -0.298 e. The van der Waals surface area contributed by atoms with Gasteiger partial charge in [-0.15, -0.1) is 0 Å². The van der Waals surface area contributed by atoms with Crippen LogP contribution in [0.15, 0.2) is 11.2 Å². The Kier molecular flexibility index (Phi) is 3.17. The van der Waals surface area contributed by atoms with E-state index in [1.54, 1.807) is 6.07 Å². The van der Waals surface area contributed by atoms with Crippen molar-refractivity contribution < 1.29 is 9.59 Å². The zero-order chi connectivity index (χ0) is 13.6. The molecule has 4 nitrogen and oxygen atoms in total. The summed E-state index contributed by atoms with van der Waals surface area (Å²) >= 11 is 1.44.